The first kappa shape index (κ1) is 29.9. The summed E-state index contributed by atoms with van der Waals surface area (Å²) in [5.41, 5.74) is -0.927. The Bertz CT molecular complexity index is 1670. The first-order valence-electron chi connectivity index (χ1n) is 10.3. The molecule has 0 bridgehead atoms. The van der Waals surface area contributed by atoms with E-state index in [2.05, 4.69) is 14.7 Å². The van der Waals surface area contributed by atoms with Crippen LogP contribution in [0.15, 0.2) is 102 Å². The number of non-ortho nitro benzene ring substituents is 1. The number of fused-ring (bicyclic) bond motifs is 3. The maximum Gasteiger partial charge on any atom is 2.00 e. The second-order valence-electron chi connectivity index (χ2n) is 7.27. The molecular formula is C25H19N5O6PdS. The van der Waals surface area contributed by atoms with Gasteiger partial charge in [0.25, 0.3) is 11.4 Å². The second kappa shape index (κ2) is 12.8. The largest absolute Gasteiger partial charge is 2.00 e. The number of nitro groups is 2. The SMILES string of the molecule is O=[N+]([O-])c1ccc(S(=O)(=O)[N-]c2cccc3ccc4cccnc4c23)c([N+](=O)[O-])c1.[CH3-].[Pd+2].c1ccncc1. The smallest absolute Gasteiger partial charge is 0.572 e. The third-order valence-corrected chi connectivity index (χ3v) is 6.34. The molecule has 0 atom stereocenters. The van der Waals surface area contributed by atoms with Gasteiger partial charge in [0.05, 0.1) is 21.4 Å². The van der Waals surface area contributed by atoms with Gasteiger partial charge in [-0.25, -0.2) is 8.42 Å². The summed E-state index contributed by atoms with van der Waals surface area (Å²) in [4.78, 5) is 27.8. The number of hydrogen-bond acceptors (Lipinski definition) is 8. The third-order valence-electron chi connectivity index (χ3n) is 5.01. The van der Waals surface area contributed by atoms with E-state index in [0.717, 1.165) is 17.5 Å². The van der Waals surface area contributed by atoms with Gasteiger partial charge in [0.15, 0.2) is 0 Å². The minimum Gasteiger partial charge on any atom is -0.572 e. The molecule has 0 amide bonds. The minimum absolute atomic E-state index is 0. The Kier molecular flexibility index (Phi) is 10.1. The Balaban J connectivity index is 0.000000561. The standard InChI is InChI=1S/C19H11N4O6S.C5H5N.CH3.Pd/c24-22(25)14-8-9-17(16(11-14)23(26)27)30(28,29)21-15-5-1-3-12-6-7-13-4-2-10-20-19(13)18(12)15;1-2-4-6-5-3-1;;/h1-11H;1-5H;1H3;/q-1;;-1;+2. The summed E-state index contributed by atoms with van der Waals surface area (Å²) in [6, 6.07) is 20.0. The van der Waals surface area contributed by atoms with E-state index in [1.54, 1.807) is 42.9 Å². The Morgan fingerprint density at radius 1 is 0.763 bits per heavy atom. The van der Waals surface area contributed by atoms with Crippen LogP contribution in [0.1, 0.15) is 0 Å². The van der Waals surface area contributed by atoms with E-state index in [9.17, 15) is 28.6 Å². The van der Waals surface area contributed by atoms with E-state index < -0.39 is 36.1 Å². The van der Waals surface area contributed by atoms with Gasteiger partial charge in [0.2, 0.25) is 0 Å². The van der Waals surface area contributed by atoms with E-state index >= 15 is 0 Å². The summed E-state index contributed by atoms with van der Waals surface area (Å²) in [5, 5.41) is 24.2. The summed E-state index contributed by atoms with van der Waals surface area (Å²) in [6.45, 7) is 0. The Morgan fingerprint density at radius 3 is 2.05 bits per heavy atom. The molecule has 0 saturated carbocycles. The number of nitrogens with zero attached hydrogens (tertiary/aromatic N) is 5. The molecule has 0 aliphatic carbocycles. The average Bonchev–Trinajstić information content (AvgIpc) is 2.89. The summed E-state index contributed by atoms with van der Waals surface area (Å²) in [5.74, 6) is 0. The number of hydrogen-bond donors (Lipinski definition) is 0. The molecule has 2 aromatic heterocycles. The molecule has 3 aromatic carbocycles. The Labute approximate surface area is 231 Å². The molecule has 0 aliphatic rings. The van der Waals surface area contributed by atoms with E-state index in [0.29, 0.717) is 22.4 Å². The van der Waals surface area contributed by atoms with Gasteiger partial charge in [-0.2, -0.15) is 0 Å². The molecule has 11 nitrogen and oxygen atoms in total. The van der Waals surface area contributed by atoms with E-state index in [-0.39, 0.29) is 33.5 Å². The molecule has 0 spiro atoms. The number of aromatic nitrogens is 2. The van der Waals surface area contributed by atoms with Crippen molar-refractivity contribution in [2.45, 2.75) is 4.90 Å². The summed E-state index contributed by atoms with van der Waals surface area (Å²) in [6.07, 6.45) is 5.06. The van der Waals surface area contributed by atoms with Gasteiger partial charge in [0.1, 0.15) is 14.9 Å². The van der Waals surface area contributed by atoms with Crippen molar-refractivity contribution >= 4 is 48.8 Å². The van der Waals surface area contributed by atoms with Gasteiger partial charge in [-0.15, -0.1) is 5.69 Å². The van der Waals surface area contributed by atoms with Gasteiger partial charge in [-0.1, -0.05) is 42.5 Å². The van der Waals surface area contributed by atoms with Crippen LogP contribution in [0, 0.1) is 27.7 Å². The number of sulfonamides is 1. The van der Waals surface area contributed by atoms with Crippen molar-refractivity contribution in [1.29, 1.82) is 0 Å². The quantitative estimate of drug-likeness (QED) is 0.0743. The molecule has 38 heavy (non-hydrogen) atoms. The average molecular weight is 624 g/mol. The first-order chi connectivity index (χ1) is 17.3. The van der Waals surface area contributed by atoms with E-state index in [4.69, 9.17) is 0 Å². The number of rotatable bonds is 5. The fourth-order valence-corrected chi connectivity index (χ4v) is 4.59. The van der Waals surface area contributed by atoms with Crippen LogP contribution in [0.2, 0.25) is 0 Å². The van der Waals surface area contributed by atoms with Crippen molar-refractivity contribution < 1.29 is 38.7 Å². The first-order valence-corrected chi connectivity index (χ1v) is 11.7. The molecule has 5 aromatic rings. The maximum absolute atomic E-state index is 12.9. The zero-order valence-electron chi connectivity index (χ0n) is 19.6. The van der Waals surface area contributed by atoms with E-state index in [1.165, 1.54) is 6.07 Å². The Hall–Kier alpha value is -4.31. The zero-order chi connectivity index (χ0) is 25.7. The molecule has 196 valence electrons. The van der Waals surface area contributed by atoms with Crippen LogP contribution in [-0.4, -0.2) is 28.2 Å². The predicted octanol–water partition coefficient (Wildman–Crippen LogP) is 6.13. The monoisotopic (exact) mass is 623 g/mol. The molecule has 13 heteroatoms. The van der Waals surface area contributed by atoms with Crippen LogP contribution in [0.25, 0.3) is 26.4 Å². The van der Waals surface area contributed by atoms with Crippen LogP contribution in [0.4, 0.5) is 17.1 Å². The fraction of sp³-hybridized carbons (Fsp3) is 0. The molecule has 0 aliphatic heterocycles. The molecule has 5 rings (SSSR count). The van der Waals surface area contributed by atoms with Crippen LogP contribution in [0.3, 0.4) is 0 Å². The number of nitro benzene ring substituents is 2. The van der Waals surface area contributed by atoms with Crippen LogP contribution >= 0.6 is 0 Å². The van der Waals surface area contributed by atoms with Crippen molar-refractivity contribution in [3.63, 3.8) is 0 Å². The van der Waals surface area contributed by atoms with Crippen molar-refractivity contribution in [2.75, 3.05) is 0 Å². The summed E-state index contributed by atoms with van der Waals surface area (Å²) < 4.78 is 29.7. The molecule has 2 heterocycles. The van der Waals surface area contributed by atoms with Crippen LogP contribution in [-0.2, 0) is 30.4 Å². The van der Waals surface area contributed by atoms with Crippen molar-refractivity contribution in [2.24, 2.45) is 0 Å². The summed E-state index contributed by atoms with van der Waals surface area (Å²) in [7, 11) is -4.56. The van der Waals surface area contributed by atoms with Gasteiger partial charge < -0.3 is 12.1 Å². The number of benzene rings is 3. The normalized spacial score (nSPS) is 10.3. The summed E-state index contributed by atoms with van der Waals surface area (Å²) >= 11 is 0. The van der Waals surface area contributed by atoms with Crippen LogP contribution in [0.5, 0.6) is 0 Å². The topological polar surface area (TPSA) is 160 Å². The molecular weight excluding hydrogens is 605 g/mol. The Morgan fingerprint density at radius 2 is 1.45 bits per heavy atom. The van der Waals surface area contributed by atoms with Gasteiger partial charge >= 0.3 is 20.4 Å². The maximum atomic E-state index is 12.9. The minimum atomic E-state index is -4.56. The van der Waals surface area contributed by atoms with Crippen LogP contribution < -0.4 is 0 Å². The third kappa shape index (κ3) is 6.52. The molecule has 0 saturated heterocycles. The predicted molar refractivity (Wildman–Crippen MR) is 140 cm³/mol. The van der Waals surface area contributed by atoms with Gasteiger partial charge in [-0.3, -0.25) is 30.2 Å². The fourth-order valence-electron chi connectivity index (χ4n) is 3.44. The molecule has 0 N–H and O–H groups in total. The molecule has 0 fully saturated rings. The van der Waals surface area contributed by atoms with Crippen molar-refractivity contribution in [3.8, 4) is 0 Å². The number of pyridine rings is 2. The zero-order valence-corrected chi connectivity index (χ0v) is 22.0. The van der Waals surface area contributed by atoms with Crippen molar-refractivity contribution in [3.05, 3.63) is 130 Å². The van der Waals surface area contributed by atoms with Gasteiger partial charge in [0, 0.05) is 30.0 Å². The van der Waals surface area contributed by atoms with Crippen molar-refractivity contribution in [1.82, 2.24) is 9.97 Å². The molecule has 0 unspecified atom stereocenters. The molecule has 0 radical (unpaired) electrons. The van der Waals surface area contributed by atoms with E-state index in [1.807, 2.05) is 30.3 Å². The van der Waals surface area contributed by atoms with Gasteiger partial charge in [-0.05, 0) is 35.0 Å². The second-order valence-corrected chi connectivity index (χ2v) is 8.85.